The van der Waals surface area contributed by atoms with E-state index < -0.39 is 11.8 Å². The fourth-order valence-corrected chi connectivity index (χ4v) is 1.58. The fraction of sp³-hybridized carbons (Fsp3) is 0. The van der Waals surface area contributed by atoms with Crippen LogP contribution in [-0.4, -0.2) is 11.8 Å². The van der Waals surface area contributed by atoms with Gasteiger partial charge in [-0.15, -0.1) is 0 Å². The summed E-state index contributed by atoms with van der Waals surface area (Å²) in [6, 6.07) is 12.6. The molecule has 0 heterocycles. The van der Waals surface area contributed by atoms with E-state index in [-0.39, 0.29) is 22.6 Å². The standard InChI is InChI=1S/C14H12N2O4/c15-13(17)9-5-1-3-7-11(9)19-20-12-8-4-2-6-10(12)14(16)18/h1-8H,(H2,15,17)(H2,16,18). The van der Waals surface area contributed by atoms with Crippen molar-refractivity contribution in [2.75, 3.05) is 0 Å². The predicted molar refractivity (Wildman–Crippen MR) is 71.2 cm³/mol. The zero-order valence-corrected chi connectivity index (χ0v) is 10.4. The largest absolute Gasteiger partial charge is 0.365 e. The molecule has 0 aliphatic carbocycles. The monoisotopic (exact) mass is 272 g/mol. The van der Waals surface area contributed by atoms with Crippen LogP contribution < -0.4 is 21.2 Å². The number of amides is 2. The lowest BCUT2D eigenvalue weighted by Crippen LogP contribution is -2.16. The van der Waals surface area contributed by atoms with Gasteiger partial charge in [0.05, 0.1) is 11.1 Å². The van der Waals surface area contributed by atoms with Crippen molar-refractivity contribution >= 4 is 11.8 Å². The predicted octanol–water partition coefficient (Wildman–Crippen LogP) is 1.26. The Morgan fingerprint density at radius 1 is 0.700 bits per heavy atom. The maximum absolute atomic E-state index is 11.2. The Morgan fingerprint density at radius 3 is 1.40 bits per heavy atom. The van der Waals surface area contributed by atoms with E-state index in [1.165, 1.54) is 24.3 Å². The van der Waals surface area contributed by atoms with Crippen molar-refractivity contribution in [3.05, 3.63) is 59.7 Å². The summed E-state index contributed by atoms with van der Waals surface area (Å²) in [4.78, 5) is 32.6. The smallest absolute Gasteiger partial charge is 0.252 e. The van der Waals surface area contributed by atoms with Gasteiger partial charge in [-0.25, -0.2) is 0 Å². The van der Waals surface area contributed by atoms with E-state index in [1.807, 2.05) is 0 Å². The third-order valence-corrected chi connectivity index (χ3v) is 2.53. The lowest BCUT2D eigenvalue weighted by molar-refractivity contribution is -0.101. The first-order chi connectivity index (χ1) is 9.59. The summed E-state index contributed by atoms with van der Waals surface area (Å²) >= 11 is 0. The van der Waals surface area contributed by atoms with Crippen LogP contribution in [0.1, 0.15) is 20.7 Å². The molecule has 2 aromatic rings. The van der Waals surface area contributed by atoms with Crippen LogP contribution in [0.15, 0.2) is 48.5 Å². The number of carbonyl (C=O) groups excluding carboxylic acids is 2. The van der Waals surface area contributed by atoms with Crippen LogP contribution in [-0.2, 0) is 0 Å². The molecule has 0 unspecified atom stereocenters. The second-order valence-corrected chi connectivity index (χ2v) is 3.89. The van der Waals surface area contributed by atoms with Gasteiger partial charge in [-0.3, -0.25) is 19.4 Å². The summed E-state index contributed by atoms with van der Waals surface area (Å²) < 4.78 is 0. The van der Waals surface area contributed by atoms with Gasteiger partial charge < -0.3 is 11.5 Å². The van der Waals surface area contributed by atoms with E-state index in [2.05, 4.69) is 0 Å². The number of carbonyl (C=O) groups is 2. The Morgan fingerprint density at radius 2 is 1.05 bits per heavy atom. The molecular formula is C14H12N2O4. The van der Waals surface area contributed by atoms with Crippen LogP contribution in [0.5, 0.6) is 11.5 Å². The molecule has 0 atom stereocenters. The number of hydrogen-bond acceptors (Lipinski definition) is 4. The van der Waals surface area contributed by atoms with Gasteiger partial charge in [-0.2, -0.15) is 0 Å². The van der Waals surface area contributed by atoms with Crippen LogP contribution >= 0.6 is 0 Å². The number of nitrogens with two attached hydrogens (primary N) is 2. The summed E-state index contributed by atoms with van der Waals surface area (Å²) in [6.07, 6.45) is 0. The van der Waals surface area contributed by atoms with Crippen molar-refractivity contribution < 1.29 is 19.4 Å². The van der Waals surface area contributed by atoms with Crippen molar-refractivity contribution in [3.63, 3.8) is 0 Å². The lowest BCUT2D eigenvalue weighted by atomic mass is 10.2. The maximum Gasteiger partial charge on any atom is 0.252 e. The van der Waals surface area contributed by atoms with E-state index in [0.29, 0.717) is 0 Å². The molecular weight excluding hydrogens is 260 g/mol. The molecule has 0 saturated carbocycles. The molecule has 0 bridgehead atoms. The first-order valence-corrected chi connectivity index (χ1v) is 5.72. The second kappa shape index (κ2) is 5.75. The van der Waals surface area contributed by atoms with Gasteiger partial charge in [0.15, 0.2) is 11.5 Å². The quantitative estimate of drug-likeness (QED) is 0.631. The number of primary amides is 2. The molecule has 0 spiro atoms. The van der Waals surface area contributed by atoms with E-state index in [4.69, 9.17) is 21.2 Å². The Kier molecular flexibility index (Phi) is 3.85. The van der Waals surface area contributed by atoms with Crippen molar-refractivity contribution in [1.82, 2.24) is 0 Å². The normalized spacial score (nSPS) is 9.80. The summed E-state index contributed by atoms with van der Waals surface area (Å²) in [5.41, 5.74) is 10.8. The molecule has 0 radical (unpaired) electrons. The summed E-state index contributed by atoms with van der Waals surface area (Å²) in [7, 11) is 0. The summed E-state index contributed by atoms with van der Waals surface area (Å²) in [5.74, 6) is -0.988. The Balaban J connectivity index is 2.22. The summed E-state index contributed by atoms with van der Waals surface area (Å²) in [6.45, 7) is 0. The molecule has 0 aromatic heterocycles. The molecule has 0 saturated heterocycles. The maximum atomic E-state index is 11.2. The van der Waals surface area contributed by atoms with Crippen LogP contribution in [0.25, 0.3) is 0 Å². The van der Waals surface area contributed by atoms with Gasteiger partial charge >= 0.3 is 0 Å². The molecule has 0 aliphatic rings. The number of rotatable bonds is 5. The third-order valence-electron chi connectivity index (χ3n) is 2.53. The van der Waals surface area contributed by atoms with Gasteiger partial charge in [0.25, 0.3) is 11.8 Å². The number of para-hydroxylation sites is 2. The molecule has 20 heavy (non-hydrogen) atoms. The molecule has 6 nitrogen and oxygen atoms in total. The highest BCUT2D eigenvalue weighted by Crippen LogP contribution is 2.22. The topological polar surface area (TPSA) is 105 Å². The minimum Gasteiger partial charge on any atom is -0.365 e. The van der Waals surface area contributed by atoms with Gasteiger partial charge in [0.1, 0.15) is 0 Å². The number of hydrogen-bond donors (Lipinski definition) is 2. The second-order valence-electron chi connectivity index (χ2n) is 3.89. The highest BCUT2D eigenvalue weighted by molar-refractivity contribution is 5.96. The summed E-state index contributed by atoms with van der Waals surface area (Å²) in [5, 5.41) is 0. The van der Waals surface area contributed by atoms with Crippen molar-refractivity contribution in [2.24, 2.45) is 11.5 Å². The molecule has 4 N–H and O–H groups in total. The van der Waals surface area contributed by atoms with Crippen molar-refractivity contribution in [1.29, 1.82) is 0 Å². The first kappa shape index (κ1) is 13.4. The van der Waals surface area contributed by atoms with Crippen LogP contribution in [0.3, 0.4) is 0 Å². The highest BCUT2D eigenvalue weighted by Gasteiger charge is 2.13. The van der Waals surface area contributed by atoms with E-state index in [1.54, 1.807) is 24.3 Å². The lowest BCUT2D eigenvalue weighted by Gasteiger charge is -2.10. The van der Waals surface area contributed by atoms with Gasteiger partial charge in [0, 0.05) is 0 Å². The Bertz CT molecular complexity index is 598. The average molecular weight is 272 g/mol. The van der Waals surface area contributed by atoms with E-state index in [9.17, 15) is 9.59 Å². The van der Waals surface area contributed by atoms with Gasteiger partial charge in [-0.05, 0) is 24.3 Å². The van der Waals surface area contributed by atoms with Crippen LogP contribution in [0.4, 0.5) is 0 Å². The molecule has 0 fully saturated rings. The highest BCUT2D eigenvalue weighted by atomic mass is 17.2. The van der Waals surface area contributed by atoms with Gasteiger partial charge in [0.2, 0.25) is 0 Å². The molecule has 2 rings (SSSR count). The third kappa shape index (κ3) is 2.86. The van der Waals surface area contributed by atoms with E-state index >= 15 is 0 Å². The van der Waals surface area contributed by atoms with Crippen molar-refractivity contribution in [2.45, 2.75) is 0 Å². The zero-order chi connectivity index (χ0) is 14.5. The average Bonchev–Trinajstić information content (AvgIpc) is 2.45. The SMILES string of the molecule is NC(=O)c1ccccc1OOc1ccccc1C(N)=O. The van der Waals surface area contributed by atoms with E-state index in [0.717, 1.165) is 0 Å². The van der Waals surface area contributed by atoms with Gasteiger partial charge in [-0.1, -0.05) is 24.3 Å². The van der Waals surface area contributed by atoms with Crippen molar-refractivity contribution in [3.8, 4) is 11.5 Å². The molecule has 2 aromatic carbocycles. The van der Waals surface area contributed by atoms with Crippen LogP contribution in [0.2, 0.25) is 0 Å². The molecule has 6 heteroatoms. The minimum atomic E-state index is -0.646. The first-order valence-electron chi connectivity index (χ1n) is 5.72. The Hall–Kier alpha value is -3.02. The fourth-order valence-electron chi connectivity index (χ4n) is 1.58. The molecule has 0 aliphatic heterocycles. The van der Waals surface area contributed by atoms with Crippen LogP contribution in [0, 0.1) is 0 Å². The molecule has 2 amide bonds. The molecule has 102 valence electrons. The Labute approximate surface area is 114 Å². The number of benzene rings is 2. The zero-order valence-electron chi connectivity index (χ0n) is 10.4. The minimum absolute atomic E-state index is 0.152.